The SMILES string of the molecule is CCCNC(=O)C(C)N(Cc1ccc(F)cc1)C(=O)CN(c1ccccc1OC)S(=O)(=O)c1ccc(C)cc1. The van der Waals surface area contributed by atoms with Crippen LogP contribution in [-0.2, 0) is 26.2 Å². The average Bonchev–Trinajstić information content (AvgIpc) is 2.93. The maximum atomic E-state index is 13.9. The highest BCUT2D eigenvalue weighted by Crippen LogP contribution is 2.32. The smallest absolute Gasteiger partial charge is 0.264 e. The van der Waals surface area contributed by atoms with Gasteiger partial charge < -0.3 is 15.0 Å². The molecule has 208 valence electrons. The molecule has 0 aliphatic rings. The van der Waals surface area contributed by atoms with Crippen molar-refractivity contribution in [1.29, 1.82) is 0 Å². The molecule has 3 aromatic carbocycles. The number of hydrogen-bond acceptors (Lipinski definition) is 5. The molecular formula is C29H34FN3O5S. The summed E-state index contributed by atoms with van der Waals surface area (Å²) in [4.78, 5) is 28.1. The zero-order valence-electron chi connectivity index (χ0n) is 22.6. The number of nitrogens with one attached hydrogen (secondary N) is 1. The summed E-state index contributed by atoms with van der Waals surface area (Å²) >= 11 is 0. The minimum absolute atomic E-state index is 0.00521. The number of ether oxygens (including phenoxy) is 1. The van der Waals surface area contributed by atoms with E-state index in [1.165, 1.54) is 48.4 Å². The second kappa shape index (κ2) is 13.2. The highest BCUT2D eigenvalue weighted by molar-refractivity contribution is 7.92. The van der Waals surface area contributed by atoms with E-state index < -0.39 is 34.3 Å². The van der Waals surface area contributed by atoms with Crippen LogP contribution in [0.2, 0.25) is 0 Å². The standard InChI is InChI=1S/C29H34FN3O5S/c1-5-18-31-29(35)22(3)32(19-23-12-14-24(30)15-13-23)28(34)20-33(26-8-6-7-9-27(26)38-4)39(36,37)25-16-10-21(2)11-17-25/h6-17,22H,5,18-20H2,1-4H3,(H,31,35). The Labute approximate surface area is 229 Å². The molecule has 0 spiro atoms. The number of carbonyl (C=O) groups excluding carboxylic acids is 2. The molecule has 0 bridgehead atoms. The van der Waals surface area contributed by atoms with Crippen molar-refractivity contribution in [3.63, 3.8) is 0 Å². The van der Waals surface area contributed by atoms with Crippen molar-refractivity contribution in [3.05, 3.63) is 89.7 Å². The van der Waals surface area contributed by atoms with Gasteiger partial charge in [0.05, 0.1) is 17.7 Å². The molecule has 3 aromatic rings. The Morgan fingerprint density at radius 1 is 1.00 bits per heavy atom. The summed E-state index contributed by atoms with van der Waals surface area (Å²) in [7, 11) is -2.80. The molecular weight excluding hydrogens is 521 g/mol. The molecule has 0 aliphatic carbocycles. The normalized spacial score (nSPS) is 11.9. The van der Waals surface area contributed by atoms with Gasteiger partial charge in [-0.25, -0.2) is 12.8 Å². The van der Waals surface area contributed by atoms with Gasteiger partial charge in [-0.1, -0.05) is 48.9 Å². The Bertz CT molecular complexity index is 1380. The molecule has 1 atom stereocenters. The summed E-state index contributed by atoms with van der Waals surface area (Å²) in [5.41, 5.74) is 1.65. The van der Waals surface area contributed by atoms with E-state index in [2.05, 4.69) is 5.32 Å². The van der Waals surface area contributed by atoms with Crippen molar-refractivity contribution in [2.75, 3.05) is 24.5 Å². The van der Waals surface area contributed by atoms with Crippen LogP contribution >= 0.6 is 0 Å². The molecule has 0 saturated heterocycles. The van der Waals surface area contributed by atoms with Gasteiger partial charge in [0, 0.05) is 13.1 Å². The number of halogens is 1. The van der Waals surface area contributed by atoms with E-state index in [-0.39, 0.29) is 28.8 Å². The maximum absolute atomic E-state index is 13.9. The van der Waals surface area contributed by atoms with Crippen LogP contribution < -0.4 is 14.4 Å². The first-order valence-corrected chi connectivity index (χ1v) is 14.1. The zero-order valence-corrected chi connectivity index (χ0v) is 23.4. The van der Waals surface area contributed by atoms with Crippen LogP contribution in [0.15, 0.2) is 77.7 Å². The molecule has 10 heteroatoms. The fourth-order valence-corrected chi connectivity index (χ4v) is 5.38. The number of methoxy groups -OCH3 is 1. The number of hydrogen-bond donors (Lipinski definition) is 1. The Kier molecular flexibility index (Phi) is 10.1. The minimum atomic E-state index is -4.21. The minimum Gasteiger partial charge on any atom is -0.495 e. The molecule has 0 saturated carbocycles. The van der Waals surface area contributed by atoms with Crippen LogP contribution in [-0.4, -0.2) is 51.4 Å². The topological polar surface area (TPSA) is 96.0 Å². The zero-order chi connectivity index (χ0) is 28.6. The first-order valence-electron chi connectivity index (χ1n) is 12.6. The summed E-state index contributed by atoms with van der Waals surface area (Å²) in [5, 5.41) is 2.78. The van der Waals surface area contributed by atoms with E-state index in [4.69, 9.17) is 4.74 Å². The molecule has 0 aliphatic heterocycles. The molecule has 39 heavy (non-hydrogen) atoms. The van der Waals surface area contributed by atoms with Gasteiger partial charge in [-0.2, -0.15) is 0 Å². The second-order valence-corrected chi connectivity index (χ2v) is 11.0. The van der Waals surface area contributed by atoms with Gasteiger partial charge in [0.25, 0.3) is 10.0 Å². The summed E-state index contributed by atoms with van der Waals surface area (Å²) in [5.74, 6) is -1.16. The maximum Gasteiger partial charge on any atom is 0.264 e. The van der Waals surface area contributed by atoms with Crippen molar-refractivity contribution in [1.82, 2.24) is 10.2 Å². The molecule has 3 rings (SSSR count). The molecule has 1 N–H and O–H groups in total. The largest absolute Gasteiger partial charge is 0.495 e. The first kappa shape index (κ1) is 29.6. The highest BCUT2D eigenvalue weighted by atomic mass is 32.2. The van der Waals surface area contributed by atoms with Crippen molar-refractivity contribution >= 4 is 27.5 Å². The lowest BCUT2D eigenvalue weighted by Gasteiger charge is -2.32. The lowest BCUT2D eigenvalue weighted by molar-refractivity contribution is -0.139. The summed E-state index contributed by atoms with van der Waals surface area (Å²) in [6.45, 7) is 5.14. The van der Waals surface area contributed by atoms with Gasteiger partial charge in [0.15, 0.2) is 0 Å². The van der Waals surface area contributed by atoms with Gasteiger partial charge in [0.1, 0.15) is 24.2 Å². The fraction of sp³-hybridized carbons (Fsp3) is 0.310. The van der Waals surface area contributed by atoms with Crippen LogP contribution in [0, 0.1) is 12.7 Å². The van der Waals surface area contributed by atoms with Gasteiger partial charge in [-0.15, -0.1) is 0 Å². The van der Waals surface area contributed by atoms with Gasteiger partial charge in [0.2, 0.25) is 11.8 Å². The molecule has 0 fully saturated rings. The number of para-hydroxylation sites is 2. The quantitative estimate of drug-likeness (QED) is 0.360. The predicted octanol–water partition coefficient (Wildman–Crippen LogP) is 4.28. The number of nitrogens with zero attached hydrogens (tertiary/aromatic N) is 2. The van der Waals surface area contributed by atoms with Gasteiger partial charge in [-0.3, -0.25) is 13.9 Å². The Morgan fingerprint density at radius 3 is 2.26 bits per heavy atom. The number of amides is 2. The van der Waals surface area contributed by atoms with E-state index in [9.17, 15) is 22.4 Å². The fourth-order valence-electron chi connectivity index (χ4n) is 3.95. The number of anilines is 1. The van der Waals surface area contributed by atoms with Gasteiger partial charge >= 0.3 is 0 Å². The van der Waals surface area contributed by atoms with Gasteiger partial charge in [-0.05, 0) is 62.2 Å². The van der Waals surface area contributed by atoms with Crippen LogP contribution in [0.25, 0.3) is 0 Å². The second-order valence-electron chi connectivity index (χ2n) is 9.11. The van der Waals surface area contributed by atoms with Crippen LogP contribution in [0.1, 0.15) is 31.4 Å². The lowest BCUT2D eigenvalue weighted by Crippen LogP contribution is -2.51. The van der Waals surface area contributed by atoms with Crippen LogP contribution in [0.5, 0.6) is 5.75 Å². The third kappa shape index (κ3) is 7.35. The van der Waals surface area contributed by atoms with Crippen molar-refractivity contribution in [3.8, 4) is 5.75 Å². The molecule has 0 aromatic heterocycles. The third-order valence-electron chi connectivity index (χ3n) is 6.22. The molecule has 8 nitrogen and oxygen atoms in total. The Hall–Kier alpha value is -3.92. The summed E-state index contributed by atoms with van der Waals surface area (Å²) < 4.78 is 47.7. The molecule has 0 heterocycles. The van der Waals surface area contributed by atoms with Crippen molar-refractivity contribution < 1.29 is 27.1 Å². The number of benzene rings is 3. The molecule has 1 unspecified atom stereocenters. The van der Waals surface area contributed by atoms with E-state index >= 15 is 0 Å². The van der Waals surface area contributed by atoms with E-state index in [1.807, 2.05) is 13.8 Å². The van der Waals surface area contributed by atoms with Crippen LogP contribution in [0.3, 0.4) is 0 Å². The predicted molar refractivity (Wildman–Crippen MR) is 148 cm³/mol. The summed E-state index contributed by atoms with van der Waals surface area (Å²) in [6, 6.07) is 17.5. The number of sulfonamides is 1. The number of aryl methyl sites for hydroxylation is 1. The number of rotatable bonds is 12. The molecule has 0 radical (unpaired) electrons. The highest BCUT2D eigenvalue weighted by Gasteiger charge is 2.33. The molecule has 2 amide bonds. The monoisotopic (exact) mass is 555 g/mol. The van der Waals surface area contributed by atoms with E-state index in [1.54, 1.807) is 43.3 Å². The lowest BCUT2D eigenvalue weighted by atomic mass is 10.1. The summed E-state index contributed by atoms with van der Waals surface area (Å²) in [6.07, 6.45) is 0.709. The Balaban J connectivity index is 2.05. The van der Waals surface area contributed by atoms with Crippen LogP contribution in [0.4, 0.5) is 10.1 Å². The Morgan fingerprint density at radius 2 is 1.64 bits per heavy atom. The van der Waals surface area contributed by atoms with Crippen molar-refractivity contribution in [2.24, 2.45) is 0 Å². The number of carbonyl (C=O) groups is 2. The van der Waals surface area contributed by atoms with E-state index in [0.29, 0.717) is 18.5 Å². The van der Waals surface area contributed by atoms with E-state index in [0.717, 1.165) is 9.87 Å². The van der Waals surface area contributed by atoms with Crippen molar-refractivity contribution in [2.45, 2.75) is 44.7 Å². The third-order valence-corrected chi connectivity index (χ3v) is 8.00. The first-order chi connectivity index (χ1) is 18.6. The average molecular weight is 556 g/mol.